The second-order valence-electron chi connectivity index (χ2n) is 7.47. The Balaban J connectivity index is 1.60. The number of benzene rings is 1. The van der Waals surface area contributed by atoms with Crippen molar-refractivity contribution in [3.05, 3.63) is 40.9 Å². The summed E-state index contributed by atoms with van der Waals surface area (Å²) in [6.07, 6.45) is 1.81. The Hall–Kier alpha value is -2.27. The van der Waals surface area contributed by atoms with Gasteiger partial charge in [0.1, 0.15) is 4.83 Å². The minimum absolute atomic E-state index is 0.132. The molecule has 1 aromatic carbocycles. The number of carbonyl (C=O) groups is 1. The molecule has 1 aliphatic heterocycles. The molecule has 0 unspecified atom stereocenters. The quantitative estimate of drug-likeness (QED) is 0.647. The Kier molecular flexibility index (Phi) is 5.67. The van der Waals surface area contributed by atoms with Crippen molar-refractivity contribution in [3.63, 3.8) is 0 Å². The zero-order valence-corrected chi connectivity index (χ0v) is 18.7. The first-order valence-corrected chi connectivity index (χ1v) is 11.9. The van der Waals surface area contributed by atoms with E-state index in [1.54, 1.807) is 12.1 Å². The molecule has 0 aliphatic carbocycles. The van der Waals surface area contributed by atoms with Gasteiger partial charge in [-0.05, 0) is 44.0 Å². The standard InChI is InChI=1S/C20H24N4O4S2/c1-13-17-12-18(29-20(17)24(22-13)15-7-9-28-10-8-15)19(25)21-14-5-4-6-16(11-14)30(26,27)23(2)3/h4-6,11-12,15H,7-10H2,1-3H3,(H,21,25). The smallest absolute Gasteiger partial charge is 0.265 e. The molecule has 3 aromatic rings. The fraction of sp³-hybridized carbons (Fsp3) is 0.400. The summed E-state index contributed by atoms with van der Waals surface area (Å²) in [5.41, 5.74) is 1.33. The average Bonchev–Trinajstić information content (AvgIpc) is 3.29. The van der Waals surface area contributed by atoms with E-state index in [1.807, 2.05) is 17.7 Å². The highest BCUT2D eigenvalue weighted by Crippen LogP contribution is 2.33. The summed E-state index contributed by atoms with van der Waals surface area (Å²) in [4.78, 5) is 14.5. The topological polar surface area (TPSA) is 93.5 Å². The lowest BCUT2D eigenvalue weighted by atomic mass is 10.1. The molecule has 3 heterocycles. The number of fused-ring (bicyclic) bond motifs is 1. The van der Waals surface area contributed by atoms with Gasteiger partial charge in [0, 0.05) is 38.4 Å². The molecule has 2 aromatic heterocycles. The molecule has 1 aliphatic rings. The number of anilines is 1. The van der Waals surface area contributed by atoms with Crippen LogP contribution in [0.4, 0.5) is 5.69 Å². The molecule has 1 amide bonds. The number of hydrogen-bond donors (Lipinski definition) is 1. The minimum Gasteiger partial charge on any atom is -0.381 e. The lowest BCUT2D eigenvalue weighted by Gasteiger charge is -2.22. The highest BCUT2D eigenvalue weighted by Gasteiger charge is 2.23. The van der Waals surface area contributed by atoms with E-state index in [0.29, 0.717) is 10.6 Å². The van der Waals surface area contributed by atoms with E-state index in [1.165, 1.54) is 37.6 Å². The van der Waals surface area contributed by atoms with Crippen molar-refractivity contribution in [3.8, 4) is 0 Å². The lowest BCUT2D eigenvalue weighted by Crippen LogP contribution is -2.22. The molecule has 0 saturated carbocycles. The van der Waals surface area contributed by atoms with Crippen LogP contribution in [0.2, 0.25) is 0 Å². The zero-order chi connectivity index (χ0) is 21.5. The molecule has 4 rings (SSSR count). The van der Waals surface area contributed by atoms with Crippen molar-refractivity contribution in [2.24, 2.45) is 0 Å². The number of nitrogens with one attached hydrogen (secondary N) is 1. The van der Waals surface area contributed by atoms with Crippen LogP contribution in [0.5, 0.6) is 0 Å². The van der Waals surface area contributed by atoms with Gasteiger partial charge >= 0.3 is 0 Å². The van der Waals surface area contributed by atoms with Crippen molar-refractivity contribution in [2.45, 2.75) is 30.7 Å². The fourth-order valence-corrected chi connectivity index (χ4v) is 5.58. The molecular formula is C20H24N4O4S2. The van der Waals surface area contributed by atoms with E-state index in [2.05, 4.69) is 10.4 Å². The van der Waals surface area contributed by atoms with Crippen molar-refractivity contribution >= 4 is 43.2 Å². The Morgan fingerprint density at radius 3 is 2.70 bits per heavy atom. The van der Waals surface area contributed by atoms with Crippen LogP contribution >= 0.6 is 11.3 Å². The number of sulfonamides is 1. The van der Waals surface area contributed by atoms with Crippen LogP contribution in [-0.4, -0.2) is 55.7 Å². The molecule has 1 fully saturated rings. The number of nitrogens with zero attached hydrogens (tertiary/aromatic N) is 3. The maximum Gasteiger partial charge on any atom is 0.265 e. The molecule has 0 radical (unpaired) electrons. The average molecular weight is 449 g/mol. The summed E-state index contributed by atoms with van der Waals surface area (Å²) in [6.45, 7) is 3.38. The molecule has 0 spiro atoms. The van der Waals surface area contributed by atoms with Crippen LogP contribution in [0.25, 0.3) is 10.2 Å². The van der Waals surface area contributed by atoms with Crippen LogP contribution in [0.3, 0.4) is 0 Å². The van der Waals surface area contributed by atoms with Gasteiger partial charge in [-0.2, -0.15) is 5.10 Å². The van der Waals surface area contributed by atoms with Gasteiger partial charge in [-0.15, -0.1) is 11.3 Å². The molecule has 0 bridgehead atoms. The molecule has 8 nitrogen and oxygen atoms in total. The Bertz CT molecular complexity index is 1190. The molecule has 0 atom stereocenters. The van der Waals surface area contributed by atoms with Crippen molar-refractivity contribution in [1.29, 1.82) is 0 Å². The molecule has 1 N–H and O–H groups in total. The van der Waals surface area contributed by atoms with Crippen molar-refractivity contribution in [1.82, 2.24) is 14.1 Å². The Morgan fingerprint density at radius 1 is 1.27 bits per heavy atom. The highest BCUT2D eigenvalue weighted by atomic mass is 32.2. The zero-order valence-electron chi connectivity index (χ0n) is 17.1. The summed E-state index contributed by atoms with van der Waals surface area (Å²) < 4.78 is 33.3. The number of hydrogen-bond acceptors (Lipinski definition) is 6. The summed E-state index contributed by atoms with van der Waals surface area (Å²) in [5, 5.41) is 8.47. The molecule has 10 heteroatoms. The SMILES string of the molecule is Cc1nn(C2CCOCC2)c2sc(C(=O)Nc3cccc(S(=O)(=O)N(C)C)c3)cc12. The third-order valence-corrected chi connectivity index (χ3v) is 8.13. The van der Waals surface area contributed by atoms with E-state index in [-0.39, 0.29) is 16.8 Å². The number of aromatic nitrogens is 2. The van der Waals surface area contributed by atoms with Gasteiger partial charge < -0.3 is 10.1 Å². The number of ether oxygens (including phenoxy) is 1. The maximum atomic E-state index is 12.9. The first-order valence-electron chi connectivity index (χ1n) is 9.67. The van der Waals surface area contributed by atoms with Crippen molar-refractivity contribution in [2.75, 3.05) is 32.6 Å². The number of aryl methyl sites for hydroxylation is 1. The van der Waals surface area contributed by atoms with Gasteiger partial charge in [0.05, 0.1) is 21.5 Å². The second-order valence-corrected chi connectivity index (χ2v) is 10.7. The van der Waals surface area contributed by atoms with Crippen molar-refractivity contribution < 1.29 is 17.9 Å². The van der Waals surface area contributed by atoms with Gasteiger partial charge in [-0.3, -0.25) is 9.48 Å². The van der Waals surface area contributed by atoms with Gasteiger partial charge in [0.2, 0.25) is 10.0 Å². The van der Waals surface area contributed by atoms with Gasteiger partial charge in [0.15, 0.2) is 0 Å². The van der Waals surface area contributed by atoms with Crippen LogP contribution in [0.15, 0.2) is 35.2 Å². The number of rotatable bonds is 5. The van der Waals surface area contributed by atoms with E-state index in [4.69, 9.17) is 4.74 Å². The van der Waals surface area contributed by atoms with Crippen LogP contribution < -0.4 is 5.32 Å². The lowest BCUT2D eigenvalue weighted by molar-refractivity contribution is 0.0675. The third kappa shape index (κ3) is 3.87. The Labute approximate surface area is 179 Å². The normalized spacial score (nSPS) is 15.7. The first-order chi connectivity index (χ1) is 14.3. The number of thiophene rings is 1. The van der Waals surface area contributed by atoms with E-state index < -0.39 is 10.0 Å². The molecular weight excluding hydrogens is 424 g/mol. The predicted molar refractivity (Wildman–Crippen MR) is 117 cm³/mol. The summed E-state index contributed by atoms with van der Waals surface area (Å²) in [7, 11) is -0.624. The molecule has 1 saturated heterocycles. The first kappa shape index (κ1) is 21.0. The van der Waals surface area contributed by atoms with Gasteiger partial charge in [-0.1, -0.05) is 6.07 Å². The number of carbonyl (C=O) groups excluding carboxylic acids is 1. The number of amides is 1. The van der Waals surface area contributed by atoms with Gasteiger partial charge in [0.25, 0.3) is 5.91 Å². The monoisotopic (exact) mass is 448 g/mol. The van der Waals surface area contributed by atoms with E-state index in [0.717, 1.165) is 46.3 Å². The highest BCUT2D eigenvalue weighted by molar-refractivity contribution is 7.89. The second kappa shape index (κ2) is 8.10. The van der Waals surface area contributed by atoms with Crippen LogP contribution in [-0.2, 0) is 14.8 Å². The van der Waals surface area contributed by atoms with Gasteiger partial charge in [-0.25, -0.2) is 12.7 Å². The van der Waals surface area contributed by atoms with E-state index >= 15 is 0 Å². The minimum atomic E-state index is -3.57. The predicted octanol–water partition coefficient (Wildman–Crippen LogP) is 3.26. The largest absolute Gasteiger partial charge is 0.381 e. The molecule has 30 heavy (non-hydrogen) atoms. The summed E-state index contributed by atoms with van der Waals surface area (Å²) in [6, 6.07) is 8.40. The maximum absolute atomic E-state index is 12.9. The Morgan fingerprint density at radius 2 is 2.00 bits per heavy atom. The third-order valence-electron chi connectivity index (χ3n) is 5.20. The molecule has 160 valence electrons. The van der Waals surface area contributed by atoms with E-state index in [9.17, 15) is 13.2 Å². The van der Waals surface area contributed by atoms with Crippen LogP contribution in [0.1, 0.15) is 34.2 Å². The summed E-state index contributed by atoms with van der Waals surface area (Å²) >= 11 is 1.40. The summed E-state index contributed by atoms with van der Waals surface area (Å²) in [5.74, 6) is -0.270. The fourth-order valence-electron chi connectivity index (χ4n) is 3.50. The van der Waals surface area contributed by atoms with Crippen LogP contribution in [0, 0.1) is 6.92 Å².